The first-order chi connectivity index (χ1) is 8.17. The molecule has 1 amide bonds. The lowest BCUT2D eigenvalue weighted by Crippen LogP contribution is -2.34. The smallest absolute Gasteiger partial charge is 0.234 e. The minimum atomic E-state index is -0.731. The molecule has 0 aromatic heterocycles. The minimum Gasteiger partial charge on any atom is -0.497 e. The van der Waals surface area contributed by atoms with Gasteiger partial charge < -0.3 is 20.5 Å². The van der Waals surface area contributed by atoms with Gasteiger partial charge in [0, 0.05) is 6.54 Å². The number of ether oxygens (including phenoxy) is 1. The molecule has 0 saturated heterocycles. The molecule has 17 heavy (non-hydrogen) atoms. The van der Waals surface area contributed by atoms with Crippen LogP contribution < -0.4 is 15.4 Å². The molecular weight excluding hydrogens is 220 g/mol. The summed E-state index contributed by atoms with van der Waals surface area (Å²) in [4.78, 5) is 11.2. The summed E-state index contributed by atoms with van der Waals surface area (Å²) >= 11 is 0. The number of aliphatic hydroxyl groups is 1. The second-order valence-electron chi connectivity index (χ2n) is 3.63. The zero-order chi connectivity index (χ0) is 12.7. The summed E-state index contributed by atoms with van der Waals surface area (Å²) in [7, 11) is 3.26. The number of amides is 1. The molecule has 5 nitrogen and oxygen atoms in total. The molecule has 5 heteroatoms. The third-order valence-electron chi connectivity index (χ3n) is 2.31. The third-order valence-corrected chi connectivity index (χ3v) is 2.31. The minimum absolute atomic E-state index is 0.144. The van der Waals surface area contributed by atoms with Crippen molar-refractivity contribution in [1.82, 2.24) is 10.6 Å². The Bertz CT molecular complexity index is 369. The van der Waals surface area contributed by atoms with Gasteiger partial charge in [-0.05, 0) is 24.7 Å². The van der Waals surface area contributed by atoms with Crippen LogP contribution in [0.3, 0.4) is 0 Å². The van der Waals surface area contributed by atoms with Crippen molar-refractivity contribution in [2.45, 2.75) is 6.10 Å². The first-order valence-corrected chi connectivity index (χ1v) is 5.40. The van der Waals surface area contributed by atoms with Crippen molar-refractivity contribution in [3.8, 4) is 5.75 Å². The van der Waals surface area contributed by atoms with Gasteiger partial charge in [-0.3, -0.25) is 4.79 Å². The van der Waals surface area contributed by atoms with Crippen LogP contribution in [0.15, 0.2) is 24.3 Å². The van der Waals surface area contributed by atoms with E-state index in [9.17, 15) is 9.90 Å². The summed E-state index contributed by atoms with van der Waals surface area (Å²) in [5.41, 5.74) is 0.717. The predicted molar refractivity (Wildman–Crippen MR) is 64.9 cm³/mol. The zero-order valence-electron chi connectivity index (χ0n) is 10.1. The second-order valence-corrected chi connectivity index (χ2v) is 3.63. The number of hydrogen-bond acceptors (Lipinski definition) is 4. The Morgan fingerprint density at radius 2 is 2.29 bits per heavy atom. The van der Waals surface area contributed by atoms with E-state index in [1.807, 2.05) is 0 Å². The maximum Gasteiger partial charge on any atom is 0.234 e. The maximum absolute atomic E-state index is 11.2. The highest BCUT2D eigenvalue weighted by Crippen LogP contribution is 2.18. The van der Waals surface area contributed by atoms with Gasteiger partial charge in [-0.25, -0.2) is 0 Å². The van der Waals surface area contributed by atoms with E-state index in [1.54, 1.807) is 38.4 Å². The van der Waals surface area contributed by atoms with Crippen molar-refractivity contribution in [2.75, 3.05) is 27.2 Å². The van der Waals surface area contributed by atoms with Gasteiger partial charge in [-0.2, -0.15) is 0 Å². The van der Waals surface area contributed by atoms with E-state index >= 15 is 0 Å². The monoisotopic (exact) mass is 238 g/mol. The van der Waals surface area contributed by atoms with Crippen molar-refractivity contribution in [3.63, 3.8) is 0 Å². The van der Waals surface area contributed by atoms with Gasteiger partial charge >= 0.3 is 0 Å². The summed E-state index contributed by atoms with van der Waals surface area (Å²) in [6.45, 7) is 0.429. The van der Waals surface area contributed by atoms with Crippen molar-refractivity contribution in [2.24, 2.45) is 0 Å². The number of carbonyl (C=O) groups is 1. The van der Waals surface area contributed by atoms with E-state index < -0.39 is 6.10 Å². The van der Waals surface area contributed by atoms with Crippen molar-refractivity contribution >= 4 is 5.91 Å². The Morgan fingerprint density at radius 3 is 2.94 bits per heavy atom. The second kappa shape index (κ2) is 6.88. The molecule has 1 aromatic rings. The Labute approximate surface area is 101 Å². The summed E-state index contributed by atoms with van der Waals surface area (Å²) < 4.78 is 5.06. The van der Waals surface area contributed by atoms with Crippen molar-refractivity contribution in [1.29, 1.82) is 0 Å². The Morgan fingerprint density at radius 1 is 1.53 bits per heavy atom. The molecule has 94 valence electrons. The highest BCUT2D eigenvalue weighted by atomic mass is 16.5. The molecule has 0 fully saturated rings. The lowest BCUT2D eigenvalue weighted by Gasteiger charge is -2.13. The van der Waals surface area contributed by atoms with Gasteiger partial charge in [0.15, 0.2) is 0 Å². The highest BCUT2D eigenvalue weighted by molar-refractivity contribution is 5.77. The molecule has 0 saturated carbocycles. The number of nitrogens with one attached hydrogen (secondary N) is 2. The van der Waals surface area contributed by atoms with Crippen LogP contribution in [-0.2, 0) is 4.79 Å². The summed E-state index contributed by atoms with van der Waals surface area (Å²) in [6, 6.07) is 7.13. The van der Waals surface area contributed by atoms with E-state index in [0.717, 1.165) is 0 Å². The molecule has 0 aliphatic carbocycles. The van der Waals surface area contributed by atoms with E-state index in [0.29, 0.717) is 11.3 Å². The van der Waals surface area contributed by atoms with Crippen molar-refractivity contribution < 1.29 is 14.6 Å². The predicted octanol–water partition coefficient (Wildman–Crippen LogP) is 0.0642. The van der Waals surface area contributed by atoms with Crippen LogP contribution in [0.2, 0.25) is 0 Å². The van der Waals surface area contributed by atoms with Gasteiger partial charge in [0.2, 0.25) is 5.91 Å². The van der Waals surface area contributed by atoms with Crippen LogP contribution in [0.5, 0.6) is 5.75 Å². The fourth-order valence-electron chi connectivity index (χ4n) is 1.40. The number of carbonyl (C=O) groups excluding carboxylic acids is 1. The first kappa shape index (κ1) is 13.5. The fraction of sp³-hybridized carbons (Fsp3) is 0.417. The highest BCUT2D eigenvalue weighted by Gasteiger charge is 2.09. The molecule has 1 rings (SSSR count). The standard InChI is InChI=1S/C12H18N2O3/c1-13-8-12(16)14-7-11(15)9-4-3-5-10(6-9)17-2/h3-6,11,13,15H,7-8H2,1-2H3,(H,14,16). The molecular formula is C12H18N2O3. The van der Waals surface area contributed by atoms with Crippen LogP contribution in [0.1, 0.15) is 11.7 Å². The van der Waals surface area contributed by atoms with Crippen LogP contribution in [0, 0.1) is 0 Å². The number of hydrogen-bond donors (Lipinski definition) is 3. The first-order valence-electron chi connectivity index (χ1n) is 5.40. The van der Waals surface area contributed by atoms with Crippen molar-refractivity contribution in [3.05, 3.63) is 29.8 Å². The van der Waals surface area contributed by atoms with Crippen LogP contribution in [0.4, 0.5) is 0 Å². The SMILES string of the molecule is CNCC(=O)NCC(O)c1cccc(OC)c1. The molecule has 0 aliphatic rings. The fourth-order valence-corrected chi connectivity index (χ4v) is 1.40. The largest absolute Gasteiger partial charge is 0.497 e. The molecule has 1 unspecified atom stereocenters. The van der Waals surface area contributed by atoms with Gasteiger partial charge in [0.25, 0.3) is 0 Å². The number of rotatable bonds is 6. The van der Waals surface area contributed by atoms with E-state index in [2.05, 4.69) is 10.6 Å². The van der Waals surface area contributed by atoms with E-state index in [4.69, 9.17) is 4.74 Å². The molecule has 0 radical (unpaired) electrons. The van der Waals surface area contributed by atoms with Gasteiger partial charge in [-0.1, -0.05) is 12.1 Å². The topological polar surface area (TPSA) is 70.6 Å². The molecule has 1 atom stereocenters. The molecule has 1 aromatic carbocycles. The molecule has 0 bridgehead atoms. The summed E-state index contributed by atoms with van der Waals surface area (Å²) in [6.07, 6.45) is -0.731. The third kappa shape index (κ3) is 4.42. The maximum atomic E-state index is 11.2. The molecule has 0 heterocycles. The molecule has 3 N–H and O–H groups in total. The van der Waals surface area contributed by atoms with E-state index in [-0.39, 0.29) is 19.0 Å². The number of methoxy groups -OCH3 is 1. The summed E-state index contributed by atoms with van der Waals surface area (Å²) in [5, 5.41) is 15.2. The van der Waals surface area contributed by atoms with Crippen LogP contribution in [0.25, 0.3) is 0 Å². The number of benzene rings is 1. The van der Waals surface area contributed by atoms with Gasteiger partial charge in [-0.15, -0.1) is 0 Å². The molecule has 0 spiro atoms. The van der Waals surface area contributed by atoms with Crippen LogP contribution in [-0.4, -0.2) is 38.3 Å². The van der Waals surface area contributed by atoms with Gasteiger partial charge in [0.05, 0.1) is 19.8 Å². The lowest BCUT2D eigenvalue weighted by molar-refractivity contribution is -0.120. The normalized spacial score (nSPS) is 11.9. The Kier molecular flexibility index (Phi) is 5.45. The average Bonchev–Trinajstić information content (AvgIpc) is 2.36. The Hall–Kier alpha value is -1.59. The average molecular weight is 238 g/mol. The molecule has 0 aliphatic heterocycles. The zero-order valence-corrected chi connectivity index (χ0v) is 10.1. The number of likely N-dealkylation sites (N-methyl/N-ethyl adjacent to an activating group) is 1. The quantitative estimate of drug-likeness (QED) is 0.655. The number of aliphatic hydroxyl groups excluding tert-OH is 1. The van der Waals surface area contributed by atoms with Crippen LogP contribution >= 0.6 is 0 Å². The Balaban J connectivity index is 2.51. The van der Waals surface area contributed by atoms with Gasteiger partial charge in [0.1, 0.15) is 5.75 Å². The summed E-state index contributed by atoms with van der Waals surface area (Å²) in [5.74, 6) is 0.539. The lowest BCUT2D eigenvalue weighted by atomic mass is 10.1. The van der Waals surface area contributed by atoms with E-state index in [1.165, 1.54) is 0 Å².